The van der Waals surface area contributed by atoms with Crippen molar-refractivity contribution in [2.75, 3.05) is 24.7 Å². The van der Waals surface area contributed by atoms with Crippen molar-refractivity contribution in [3.8, 4) is 11.3 Å². The van der Waals surface area contributed by atoms with Gasteiger partial charge in [-0.2, -0.15) is 13.2 Å². The predicted octanol–water partition coefficient (Wildman–Crippen LogP) is 6.38. The Morgan fingerprint density at radius 2 is 1.80 bits per heavy atom. The molecule has 1 saturated heterocycles. The van der Waals surface area contributed by atoms with Gasteiger partial charge in [0.05, 0.1) is 25.2 Å². The van der Waals surface area contributed by atoms with Crippen molar-refractivity contribution in [1.82, 2.24) is 0 Å². The highest BCUT2D eigenvalue weighted by Gasteiger charge is 2.45. The van der Waals surface area contributed by atoms with Crippen molar-refractivity contribution in [3.05, 3.63) is 40.4 Å². The molecule has 1 aromatic heterocycles. The summed E-state index contributed by atoms with van der Waals surface area (Å²) in [6.07, 6.45) is -3.67. The van der Waals surface area contributed by atoms with Crippen LogP contribution in [0.15, 0.2) is 39.2 Å². The van der Waals surface area contributed by atoms with Gasteiger partial charge in [0.25, 0.3) is 0 Å². The fourth-order valence-electron chi connectivity index (χ4n) is 4.71. The SMILES string of the molecule is CCOC(=O)c1cc(-c2ccc(Br)cc2)oc1N(C(=O)[C@H]1CC[C@H](C(F)(F)F)CC1)C1CCOC1. The van der Waals surface area contributed by atoms with Crippen molar-refractivity contribution in [2.24, 2.45) is 11.8 Å². The molecular weight excluding hydrogens is 531 g/mol. The van der Waals surface area contributed by atoms with E-state index in [1.807, 2.05) is 24.3 Å². The predicted molar refractivity (Wildman–Crippen MR) is 126 cm³/mol. The van der Waals surface area contributed by atoms with Gasteiger partial charge in [0.2, 0.25) is 11.8 Å². The number of carbonyl (C=O) groups is 2. The van der Waals surface area contributed by atoms with Gasteiger partial charge in [0.1, 0.15) is 11.3 Å². The number of ether oxygens (including phenoxy) is 2. The van der Waals surface area contributed by atoms with E-state index in [4.69, 9.17) is 13.9 Å². The van der Waals surface area contributed by atoms with E-state index < -0.39 is 24.0 Å². The summed E-state index contributed by atoms with van der Waals surface area (Å²) in [5.74, 6) is -2.52. The van der Waals surface area contributed by atoms with Crippen LogP contribution in [0.5, 0.6) is 0 Å². The van der Waals surface area contributed by atoms with Crippen LogP contribution >= 0.6 is 15.9 Å². The molecule has 1 unspecified atom stereocenters. The zero-order valence-corrected chi connectivity index (χ0v) is 20.9. The minimum atomic E-state index is -4.26. The standard InChI is InChI=1S/C25H27BrF3NO5/c1-2-34-24(32)20-13-21(15-5-9-18(26)10-6-15)35-23(20)30(19-11-12-33-14-19)22(31)16-3-7-17(8-4-16)25(27,28)29/h5-6,9-10,13,16-17,19H,2-4,7-8,11-12,14H2,1H3/t16-,17-,19?. The van der Waals surface area contributed by atoms with Crippen LogP contribution in [-0.4, -0.2) is 43.9 Å². The number of amides is 1. The molecule has 35 heavy (non-hydrogen) atoms. The highest BCUT2D eigenvalue weighted by atomic mass is 79.9. The number of rotatable bonds is 6. The number of carbonyl (C=O) groups excluding carboxylic acids is 2. The summed E-state index contributed by atoms with van der Waals surface area (Å²) in [7, 11) is 0. The number of hydrogen-bond acceptors (Lipinski definition) is 5. The second-order valence-corrected chi connectivity index (χ2v) is 9.79. The van der Waals surface area contributed by atoms with Crippen molar-refractivity contribution < 1.29 is 36.7 Å². The van der Waals surface area contributed by atoms with Gasteiger partial charge in [-0.05, 0) is 51.2 Å². The fraction of sp³-hybridized carbons (Fsp3) is 0.520. The second-order valence-electron chi connectivity index (χ2n) is 8.87. The van der Waals surface area contributed by atoms with E-state index in [0.717, 1.165) is 4.47 Å². The fourth-order valence-corrected chi connectivity index (χ4v) is 4.97. The van der Waals surface area contributed by atoms with Crippen LogP contribution in [0.3, 0.4) is 0 Å². The largest absolute Gasteiger partial charge is 0.462 e. The Balaban J connectivity index is 1.69. The van der Waals surface area contributed by atoms with Crippen molar-refractivity contribution >= 4 is 33.7 Å². The molecule has 0 spiro atoms. The number of nitrogens with zero attached hydrogens (tertiary/aromatic N) is 1. The molecule has 190 valence electrons. The maximum atomic E-state index is 13.7. The van der Waals surface area contributed by atoms with Gasteiger partial charge < -0.3 is 13.9 Å². The van der Waals surface area contributed by atoms with Gasteiger partial charge in [0.15, 0.2) is 0 Å². The van der Waals surface area contributed by atoms with E-state index in [0.29, 0.717) is 24.4 Å². The molecule has 2 fully saturated rings. The Hall–Kier alpha value is -2.33. The highest BCUT2D eigenvalue weighted by molar-refractivity contribution is 9.10. The molecule has 2 aliphatic rings. The minimum absolute atomic E-state index is 0.0554. The summed E-state index contributed by atoms with van der Waals surface area (Å²) in [4.78, 5) is 28.0. The summed E-state index contributed by atoms with van der Waals surface area (Å²) in [6.45, 7) is 2.50. The number of halogens is 4. The quantitative estimate of drug-likeness (QED) is 0.385. The van der Waals surface area contributed by atoms with Crippen LogP contribution in [0.2, 0.25) is 0 Å². The normalized spacial score (nSPS) is 22.7. The lowest BCUT2D eigenvalue weighted by molar-refractivity contribution is -0.184. The lowest BCUT2D eigenvalue weighted by atomic mass is 9.81. The van der Waals surface area contributed by atoms with Crippen molar-refractivity contribution in [2.45, 2.75) is 51.2 Å². The minimum Gasteiger partial charge on any atom is -0.462 e. The van der Waals surface area contributed by atoms with Crippen LogP contribution in [0.4, 0.5) is 19.1 Å². The first-order chi connectivity index (χ1) is 16.7. The molecular formula is C25H27BrF3NO5. The summed E-state index contributed by atoms with van der Waals surface area (Å²) in [6, 6.07) is 8.44. The van der Waals surface area contributed by atoms with Crippen LogP contribution in [0.25, 0.3) is 11.3 Å². The molecule has 0 N–H and O–H groups in total. The smallest absolute Gasteiger partial charge is 0.391 e. The Bertz CT molecular complexity index is 1040. The molecule has 2 aromatic rings. The summed E-state index contributed by atoms with van der Waals surface area (Å²) >= 11 is 3.39. The second kappa shape index (κ2) is 10.7. The van der Waals surface area contributed by atoms with Crippen molar-refractivity contribution in [1.29, 1.82) is 0 Å². The van der Waals surface area contributed by atoms with E-state index in [2.05, 4.69) is 15.9 Å². The lowest BCUT2D eigenvalue weighted by Crippen LogP contribution is -2.46. The third kappa shape index (κ3) is 5.74. The van der Waals surface area contributed by atoms with Crippen molar-refractivity contribution in [3.63, 3.8) is 0 Å². The molecule has 10 heteroatoms. The van der Waals surface area contributed by atoms with Gasteiger partial charge >= 0.3 is 12.1 Å². The molecule has 0 bridgehead atoms. The number of anilines is 1. The first-order valence-electron chi connectivity index (χ1n) is 11.7. The Labute approximate surface area is 209 Å². The first kappa shape index (κ1) is 25.8. The van der Waals surface area contributed by atoms with Crippen LogP contribution in [0, 0.1) is 11.8 Å². The molecule has 0 radical (unpaired) electrons. The zero-order chi connectivity index (χ0) is 25.2. The number of esters is 1. The average Bonchev–Trinajstić information content (AvgIpc) is 3.51. The van der Waals surface area contributed by atoms with E-state index >= 15 is 0 Å². The molecule has 1 amide bonds. The first-order valence-corrected chi connectivity index (χ1v) is 12.5. The topological polar surface area (TPSA) is 69.0 Å². The zero-order valence-electron chi connectivity index (χ0n) is 19.3. The Morgan fingerprint density at radius 1 is 1.11 bits per heavy atom. The van der Waals surface area contributed by atoms with Gasteiger partial charge in [-0.1, -0.05) is 28.1 Å². The molecule has 1 aliphatic heterocycles. The van der Waals surface area contributed by atoms with Gasteiger partial charge in [-0.3, -0.25) is 9.69 Å². The van der Waals surface area contributed by atoms with E-state index in [1.54, 1.807) is 13.0 Å². The summed E-state index contributed by atoms with van der Waals surface area (Å²) in [5.41, 5.74) is 0.805. The molecule has 1 aliphatic carbocycles. The molecule has 1 saturated carbocycles. The maximum Gasteiger partial charge on any atom is 0.391 e. The molecule has 2 heterocycles. The number of benzene rings is 1. The summed E-state index contributed by atoms with van der Waals surface area (Å²) < 4.78 is 57.2. The third-order valence-corrected chi connectivity index (χ3v) is 7.13. The monoisotopic (exact) mass is 557 g/mol. The molecule has 1 aromatic carbocycles. The lowest BCUT2D eigenvalue weighted by Gasteiger charge is -2.34. The third-order valence-electron chi connectivity index (χ3n) is 6.60. The molecule has 1 atom stereocenters. The highest BCUT2D eigenvalue weighted by Crippen LogP contribution is 2.42. The molecule has 6 nitrogen and oxygen atoms in total. The van der Waals surface area contributed by atoms with Crippen LogP contribution in [-0.2, 0) is 14.3 Å². The summed E-state index contributed by atoms with van der Waals surface area (Å²) in [5, 5.41) is 0. The van der Waals surface area contributed by atoms with E-state index in [-0.39, 0.29) is 62.3 Å². The Morgan fingerprint density at radius 3 is 2.37 bits per heavy atom. The van der Waals surface area contributed by atoms with E-state index in [1.165, 1.54) is 4.90 Å². The average molecular weight is 558 g/mol. The Kier molecular flexibility index (Phi) is 7.90. The van der Waals surface area contributed by atoms with E-state index in [9.17, 15) is 22.8 Å². The van der Waals surface area contributed by atoms with Crippen LogP contribution < -0.4 is 4.90 Å². The number of furan rings is 1. The van der Waals surface area contributed by atoms with Gasteiger partial charge in [-0.25, -0.2) is 4.79 Å². The molecule has 4 rings (SSSR count). The van der Waals surface area contributed by atoms with Crippen LogP contribution in [0.1, 0.15) is 49.4 Å². The van der Waals surface area contributed by atoms with Gasteiger partial charge in [-0.15, -0.1) is 0 Å². The van der Waals surface area contributed by atoms with Gasteiger partial charge in [0, 0.05) is 28.6 Å². The number of hydrogen-bond donors (Lipinski definition) is 0. The number of alkyl halides is 3. The maximum absolute atomic E-state index is 13.7.